The van der Waals surface area contributed by atoms with Crippen LogP contribution in [0.5, 0.6) is 0 Å². The first-order chi connectivity index (χ1) is 16.6. The normalized spacial score (nSPS) is 19.3. The summed E-state index contributed by atoms with van der Waals surface area (Å²) in [6.45, 7) is 11.4. The quantitative estimate of drug-likeness (QED) is 0.468. The molecule has 0 unspecified atom stereocenters. The van der Waals surface area contributed by atoms with Crippen molar-refractivity contribution in [2.24, 2.45) is 5.92 Å². The number of aliphatic carboxylic acids is 1. The fraction of sp³-hybridized carbons (Fsp3) is 0.852. The number of hydrogen-bond donors (Lipinski definition) is 1. The summed E-state index contributed by atoms with van der Waals surface area (Å²) in [5.41, 5.74) is -1.61. The first-order valence-electron chi connectivity index (χ1n) is 13.4. The van der Waals surface area contributed by atoms with E-state index in [1.54, 1.807) is 48.5 Å². The van der Waals surface area contributed by atoms with Gasteiger partial charge in [-0.25, -0.2) is 9.59 Å². The van der Waals surface area contributed by atoms with Crippen LogP contribution < -0.4 is 0 Å². The van der Waals surface area contributed by atoms with Crippen LogP contribution in [-0.4, -0.2) is 74.7 Å². The molecule has 36 heavy (non-hydrogen) atoms. The van der Waals surface area contributed by atoms with Crippen molar-refractivity contribution in [3.8, 4) is 0 Å². The van der Waals surface area contributed by atoms with E-state index < -0.39 is 53.8 Å². The third-order valence-electron chi connectivity index (χ3n) is 6.79. The highest BCUT2D eigenvalue weighted by molar-refractivity contribution is 5.91. The highest BCUT2D eigenvalue weighted by Crippen LogP contribution is 2.34. The minimum Gasteiger partial charge on any atom is -0.480 e. The van der Waals surface area contributed by atoms with Crippen molar-refractivity contribution in [3.05, 3.63) is 0 Å². The Hall–Kier alpha value is -2.32. The van der Waals surface area contributed by atoms with Gasteiger partial charge in [-0.15, -0.1) is 0 Å². The third-order valence-corrected chi connectivity index (χ3v) is 6.79. The first-order valence-corrected chi connectivity index (χ1v) is 13.4. The van der Waals surface area contributed by atoms with Crippen LogP contribution in [0.3, 0.4) is 0 Å². The number of carboxylic acid groups (broad SMARTS) is 1. The number of ether oxygens (including phenoxy) is 2. The van der Waals surface area contributed by atoms with Crippen molar-refractivity contribution >= 4 is 23.9 Å². The molecular weight excluding hydrogens is 464 g/mol. The third kappa shape index (κ3) is 8.66. The Labute approximate surface area is 215 Å². The van der Waals surface area contributed by atoms with E-state index in [2.05, 4.69) is 0 Å². The molecule has 0 bridgehead atoms. The monoisotopic (exact) mass is 510 g/mol. The second-order valence-electron chi connectivity index (χ2n) is 12.2. The van der Waals surface area contributed by atoms with E-state index in [4.69, 9.17) is 9.47 Å². The number of hydrogen-bond acceptors (Lipinski definition) is 6. The van der Waals surface area contributed by atoms with E-state index >= 15 is 0 Å². The number of carbonyl (C=O) groups excluding carboxylic acids is 3. The number of amides is 2. The fourth-order valence-corrected chi connectivity index (χ4v) is 5.27. The molecule has 206 valence electrons. The molecule has 0 aliphatic heterocycles. The van der Waals surface area contributed by atoms with E-state index in [1.807, 2.05) is 0 Å². The zero-order valence-electron chi connectivity index (χ0n) is 23.2. The van der Waals surface area contributed by atoms with Crippen LogP contribution in [0.4, 0.5) is 4.79 Å². The molecule has 0 aromatic carbocycles. The number of carbonyl (C=O) groups is 4. The molecule has 2 aliphatic rings. The predicted molar refractivity (Wildman–Crippen MR) is 135 cm³/mol. The molecule has 2 aliphatic carbocycles. The van der Waals surface area contributed by atoms with Crippen LogP contribution in [0.15, 0.2) is 0 Å². The summed E-state index contributed by atoms with van der Waals surface area (Å²) in [4.78, 5) is 55.1. The molecule has 0 aromatic heterocycles. The van der Waals surface area contributed by atoms with Gasteiger partial charge in [0.1, 0.15) is 29.8 Å². The minimum atomic E-state index is -1.10. The Kier molecular flexibility index (Phi) is 10.2. The molecule has 0 saturated heterocycles. The Morgan fingerprint density at radius 3 is 1.81 bits per heavy atom. The molecule has 2 saturated carbocycles. The van der Waals surface area contributed by atoms with Gasteiger partial charge in [0.25, 0.3) is 0 Å². The van der Waals surface area contributed by atoms with Gasteiger partial charge in [0.15, 0.2) is 0 Å². The topological polar surface area (TPSA) is 113 Å². The number of rotatable bonds is 8. The van der Waals surface area contributed by atoms with Gasteiger partial charge in [0.2, 0.25) is 5.91 Å². The predicted octanol–water partition coefficient (Wildman–Crippen LogP) is 4.76. The Morgan fingerprint density at radius 1 is 0.833 bits per heavy atom. The average Bonchev–Trinajstić information content (AvgIpc) is 3.27. The molecule has 2 amide bonds. The minimum absolute atomic E-state index is 0.131. The molecule has 9 nitrogen and oxygen atoms in total. The van der Waals surface area contributed by atoms with Crippen LogP contribution >= 0.6 is 0 Å². The van der Waals surface area contributed by atoms with E-state index in [0.717, 1.165) is 62.7 Å². The van der Waals surface area contributed by atoms with Gasteiger partial charge in [-0.3, -0.25) is 14.5 Å². The molecule has 0 radical (unpaired) electrons. The largest absolute Gasteiger partial charge is 0.480 e. The number of carboxylic acids is 1. The number of esters is 1. The SMILES string of the molecule is C[C@@H](C(=O)N(C1CCCC1)[C@H](C(=O)O)C1CCCCC1)N(CC(=O)OC(C)(C)C)C(=O)OC(C)(C)C. The van der Waals surface area contributed by atoms with Crippen molar-refractivity contribution in [2.45, 2.75) is 136 Å². The summed E-state index contributed by atoms with van der Waals surface area (Å²) in [6.07, 6.45) is 6.97. The lowest BCUT2D eigenvalue weighted by molar-refractivity contribution is -0.161. The zero-order chi connectivity index (χ0) is 27.3. The Morgan fingerprint density at radius 2 is 1.33 bits per heavy atom. The second kappa shape index (κ2) is 12.3. The maximum atomic E-state index is 14.1. The lowest BCUT2D eigenvalue weighted by Gasteiger charge is -2.42. The van der Waals surface area contributed by atoms with Gasteiger partial charge >= 0.3 is 18.0 Å². The van der Waals surface area contributed by atoms with E-state index in [0.29, 0.717) is 0 Å². The fourth-order valence-electron chi connectivity index (χ4n) is 5.27. The zero-order valence-corrected chi connectivity index (χ0v) is 23.2. The molecule has 0 heterocycles. The van der Waals surface area contributed by atoms with E-state index in [-0.39, 0.29) is 12.0 Å². The van der Waals surface area contributed by atoms with Crippen molar-refractivity contribution < 1.29 is 33.8 Å². The summed E-state index contributed by atoms with van der Waals surface area (Å²) in [5.74, 6) is -2.27. The molecule has 2 atom stereocenters. The van der Waals surface area contributed by atoms with Crippen molar-refractivity contribution in [1.29, 1.82) is 0 Å². The lowest BCUT2D eigenvalue weighted by atomic mass is 9.82. The Balaban J connectivity index is 2.40. The van der Waals surface area contributed by atoms with Gasteiger partial charge in [-0.1, -0.05) is 32.1 Å². The molecule has 0 aromatic rings. The molecular formula is C27H46N2O7. The summed E-state index contributed by atoms with van der Waals surface area (Å²) >= 11 is 0. The highest BCUT2D eigenvalue weighted by atomic mass is 16.6. The summed E-state index contributed by atoms with van der Waals surface area (Å²) < 4.78 is 10.9. The summed E-state index contributed by atoms with van der Waals surface area (Å²) in [7, 11) is 0. The molecule has 1 N–H and O–H groups in total. The molecule has 0 spiro atoms. The van der Waals surface area contributed by atoms with Crippen LogP contribution in [-0.2, 0) is 23.9 Å². The van der Waals surface area contributed by atoms with Gasteiger partial charge < -0.3 is 19.5 Å². The van der Waals surface area contributed by atoms with Crippen molar-refractivity contribution in [2.75, 3.05) is 6.54 Å². The van der Waals surface area contributed by atoms with E-state index in [9.17, 15) is 24.3 Å². The van der Waals surface area contributed by atoms with Crippen LogP contribution in [0.25, 0.3) is 0 Å². The Bertz CT molecular complexity index is 787. The van der Waals surface area contributed by atoms with E-state index in [1.165, 1.54) is 4.90 Å². The van der Waals surface area contributed by atoms with Crippen LogP contribution in [0.1, 0.15) is 106 Å². The maximum Gasteiger partial charge on any atom is 0.411 e. The first kappa shape index (κ1) is 29.9. The lowest BCUT2D eigenvalue weighted by Crippen LogP contribution is -2.60. The second-order valence-corrected chi connectivity index (χ2v) is 12.2. The van der Waals surface area contributed by atoms with Crippen LogP contribution in [0.2, 0.25) is 0 Å². The highest BCUT2D eigenvalue weighted by Gasteiger charge is 2.45. The average molecular weight is 511 g/mol. The maximum absolute atomic E-state index is 14.1. The summed E-state index contributed by atoms with van der Waals surface area (Å²) in [6, 6.07) is -2.26. The molecule has 2 rings (SSSR count). The van der Waals surface area contributed by atoms with Gasteiger partial charge in [-0.05, 0) is 80.1 Å². The smallest absolute Gasteiger partial charge is 0.411 e. The van der Waals surface area contributed by atoms with Crippen molar-refractivity contribution in [1.82, 2.24) is 9.80 Å². The standard InChI is InChI=1S/C27H46N2O7/c1-18(28(25(34)36-27(5,6)7)17-21(30)35-26(2,3)4)23(31)29(20-15-11-12-16-20)22(24(32)33)19-13-9-8-10-14-19/h18-20,22H,8-17H2,1-7H3,(H,32,33)/t18-,22-/m0/s1. The summed E-state index contributed by atoms with van der Waals surface area (Å²) in [5, 5.41) is 10.3. The number of nitrogens with zero attached hydrogens (tertiary/aromatic N) is 2. The van der Waals surface area contributed by atoms with Gasteiger partial charge in [0, 0.05) is 6.04 Å². The van der Waals surface area contributed by atoms with Gasteiger partial charge in [0.05, 0.1) is 0 Å². The molecule has 2 fully saturated rings. The molecule has 9 heteroatoms. The van der Waals surface area contributed by atoms with Crippen molar-refractivity contribution in [3.63, 3.8) is 0 Å². The van der Waals surface area contributed by atoms with Gasteiger partial charge in [-0.2, -0.15) is 0 Å². The van der Waals surface area contributed by atoms with Crippen LogP contribution in [0, 0.1) is 5.92 Å².